The van der Waals surface area contributed by atoms with Gasteiger partial charge in [-0.2, -0.15) is 13.2 Å². The topological polar surface area (TPSA) is 66.8 Å². The smallest absolute Gasteiger partial charge is 0.417 e. The normalized spacial score (nSPS) is 12.6. The zero-order valence-electron chi connectivity index (χ0n) is 15.4. The van der Waals surface area contributed by atoms with Crippen LogP contribution in [0.4, 0.5) is 13.2 Å². The highest BCUT2D eigenvalue weighted by Crippen LogP contribution is 2.49. The quantitative estimate of drug-likeness (QED) is 0.507. The second kappa shape index (κ2) is 8.04. The van der Waals surface area contributed by atoms with Gasteiger partial charge in [-0.1, -0.05) is 0 Å². The Hall–Kier alpha value is -1.83. The molecule has 150 valence electrons. The highest BCUT2D eigenvalue weighted by Gasteiger charge is 2.37. The summed E-state index contributed by atoms with van der Waals surface area (Å²) in [6.07, 6.45) is -4.73. The second-order valence-corrected chi connectivity index (χ2v) is 7.59. The molecule has 0 aliphatic heterocycles. The summed E-state index contributed by atoms with van der Waals surface area (Å²) in [5.74, 6) is -0.747. The molecule has 0 aliphatic carbocycles. The average Bonchev–Trinajstić information content (AvgIpc) is 2.91. The number of ether oxygens (including phenoxy) is 1. The number of halogens is 3. The number of nitrogens with zero attached hydrogens (tertiary/aromatic N) is 1. The predicted octanol–water partition coefficient (Wildman–Crippen LogP) is 4.27. The molecule has 2 rings (SSSR count). The molecule has 0 fully saturated rings. The van der Waals surface area contributed by atoms with Crippen LogP contribution in [-0.4, -0.2) is 30.4 Å². The molecule has 10 heteroatoms. The summed E-state index contributed by atoms with van der Waals surface area (Å²) in [5.41, 5.74) is -1.000. The molecule has 1 aromatic carbocycles. The molecular weight excluding hydrogens is 386 g/mol. The van der Waals surface area contributed by atoms with Gasteiger partial charge in [0.2, 0.25) is 0 Å². The summed E-state index contributed by atoms with van der Waals surface area (Å²) in [6.45, 7) is 4.81. The molecule has 0 unspecified atom stereocenters. The molecule has 0 atom stereocenters. The molecule has 0 bridgehead atoms. The van der Waals surface area contributed by atoms with E-state index in [2.05, 4.69) is 0 Å². The number of alkyl halides is 3. The van der Waals surface area contributed by atoms with Crippen molar-refractivity contribution in [3.05, 3.63) is 29.5 Å². The van der Waals surface area contributed by atoms with Crippen LogP contribution < -0.4 is 5.30 Å². The van der Waals surface area contributed by atoms with Gasteiger partial charge in [0.25, 0.3) is 0 Å². The Morgan fingerprint density at radius 2 is 1.67 bits per heavy atom. The van der Waals surface area contributed by atoms with Crippen LogP contribution in [0.1, 0.15) is 36.8 Å². The molecule has 1 heterocycles. The van der Waals surface area contributed by atoms with Crippen molar-refractivity contribution in [1.29, 1.82) is 0 Å². The van der Waals surface area contributed by atoms with Gasteiger partial charge in [0.05, 0.1) is 30.7 Å². The lowest BCUT2D eigenvalue weighted by molar-refractivity contribution is -0.136. The number of carbonyl (C=O) groups excluding carboxylic acids is 1. The van der Waals surface area contributed by atoms with E-state index in [4.69, 9.17) is 13.8 Å². The summed E-state index contributed by atoms with van der Waals surface area (Å²) >= 11 is 0. The largest absolute Gasteiger partial charge is 0.461 e. The van der Waals surface area contributed by atoms with Gasteiger partial charge in [0, 0.05) is 18.0 Å². The Morgan fingerprint density at radius 1 is 1.07 bits per heavy atom. The van der Waals surface area contributed by atoms with Gasteiger partial charge in [-0.3, -0.25) is 4.57 Å². The molecule has 0 N–H and O–H groups in total. The Bertz CT molecular complexity index is 881. The average molecular weight is 407 g/mol. The first-order valence-electron chi connectivity index (χ1n) is 8.36. The van der Waals surface area contributed by atoms with E-state index in [1.807, 2.05) is 0 Å². The first kappa shape index (κ1) is 21.5. The van der Waals surface area contributed by atoms with Gasteiger partial charge in [-0.05, 0) is 39.0 Å². The van der Waals surface area contributed by atoms with Crippen LogP contribution in [-0.2, 0) is 31.6 Å². The first-order chi connectivity index (χ1) is 12.6. The summed E-state index contributed by atoms with van der Waals surface area (Å²) in [7, 11) is -2.51. The van der Waals surface area contributed by atoms with Crippen molar-refractivity contribution in [2.45, 2.75) is 26.9 Å². The van der Waals surface area contributed by atoms with E-state index in [-0.39, 0.29) is 41.7 Å². The Labute approximate surface area is 154 Å². The van der Waals surface area contributed by atoms with E-state index in [0.717, 1.165) is 12.1 Å². The van der Waals surface area contributed by atoms with Crippen molar-refractivity contribution in [1.82, 2.24) is 4.57 Å². The number of benzene rings is 1. The number of rotatable bonds is 7. The molecule has 0 aliphatic rings. The zero-order chi connectivity index (χ0) is 20.4. The third-order valence-electron chi connectivity index (χ3n) is 3.85. The van der Waals surface area contributed by atoms with Crippen LogP contribution in [0.5, 0.6) is 0 Å². The number of fused-ring (bicyclic) bond motifs is 1. The Balaban J connectivity index is 2.81. The van der Waals surface area contributed by atoms with E-state index in [1.165, 1.54) is 17.7 Å². The van der Waals surface area contributed by atoms with Gasteiger partial charge < -0.3 is 18.4 Å². The molecule has 6 nitrogen and oxygen atoms in total. The first-order valence-corrected chi connectivity index (χ1v) is 9.90. The number of hydrogen-bond acceptors (Lipinski definition) is 5. The minimum atomic E-state index is -4.73. The van der Waals surface area contributed by atoms with Crippen molar-refractivity contribution in [2.75, 3.05) is 19.8 Å². The van der Waals surface area contributed by atoms with E-state index < -0.39 is 25.3 Å². The predicted molar refractivity (Wildman–Crippen MR) is 94.4 cm³/mol. The minimum absolute atomic E-state index is 0.00210. The number of esters is 1. The third kappa shape index (κ3) is 4.20. The summed E-state index contributed by atoms with van der Waals surface area (Å²) in [5, 5.41) is -0.418. The fourth-order valence-corrected chi connectivity index (χ4v) is 4.36. The van der Waals surface area contributed by atoms with Crippen LogP contribution in [0, 0.1) is 0 Å². The van der Waals surface area contributed by atoms with Crippen LogP contribution in [0.2, 0.25) is 0 Å². The maximum atomic E-state index is 13.7. The molecule has 1 aromatic heterocycles. The molecular formula is C17H21F3NO5P. The molecule has 0 saturated carbocycles. The van der Waals surface area contributed by atoms with Gasteiger partial charge in [-0.15, -0.1) is 0 Å². The van der Waals surface area contributed by atoms with E-state index in [9.17, 15) is 22.5 Å². The maximum Gasteiger partial charge on any atom is 0.417 e. The summed E-state index contributed by atoms with van der Waals surface area (Å²) < 4.78 is 70.4. The lowest BCUT2D eigenvalue weighted by Crippen LogP contribution is -2.16. The zero-order valence-corrected chi connectivity index (χ0v) is 16.3. The SMILES string of the molecule is CCOC(=O)c1cc2c(C(F)(F)F)cc(P(=O)(OCC)OCC)cc2n1C. The maximum absolute atomic E-state index is 13.7. The highest BCUT2D eigenvalue weighted by molar-refractivity contribution is 7.62. The van der Waals surface area contributed by atoms with Crippen LogP contribution in [0.25, 0.3) is 10.9 Å². The number of carbonyl (C=O) groups is 1. The number of aromatic nitrogens is 1. The molecule has 0 radical (unpaired) electrons. The molecule has 0 amide bonds. The Morgan fingerprint density at radius 3 is 2.15 bits per heavy atom. The van der Waals surface area contributed by atoms with Crippen molar-refractivity contribution >= 4 is 29.8 Å². The van der Waals surface area contributed by atoms with E-state index in [1.54, 1.807) is 20.8 Å². The summed E-state index contributed by atoms with van der Waals surface area (Å²) in [4.78, 5) is 12.1. The highest BCUT2D eigenvalue weighted by atomic mass is 31.2. The lowest BCUT2D eigenvalue weighted by Gasteiger charge is -2.19. The molecule has 0 saturated heterocycles. The van der Waals surface area contributed by atoms with Crippen LogP contribution in [0.3, 0.4) is 0 Å². The molecule has 27 heavy (non-hydrogen) atoms. The van der Waals surface area contributed by atoms with Gasteiger partial charge in [-0.25, -0.2) is 4.79 Å². The van der Waals surface area contributed by atoms with Crippen molar-refractivity contribution in [3.63, 3.8) is 0 Å². The minimum Gasteiger partial charge on any atom is -0.461 e. The van der Waals surface area contributed by atoms with Gasteiger partial charge in [0.15, 0.2) is 0 Å². The van der Waals surface area contributed by atoms with Crippen molar-refractivity contribution in [3.8, 4) is 0 Å². The third-order valence-corrected chi connectivity index (χ3v) is 5.94. The van der Waals surface area contributed by atoms with Crippen LogP contribution in [0.15, 0.2) is 18.2 Å². The lowest BCUT2D eigenvalue weighted by atomic mass is 10.1. The molecule has 0 spiro atoms. The van der Waals surface area contributed by atoms with Gasteiger partial charge >= 0.3 is 19.7 Å². The van der Waals surface area contributed by atoms with E-state index in [0.29, 0.717) is 0 Å². The summed E-state index contributed by atoms with van der Waals surface area (Å²) in [6, 6.07) is 3.16. The molecule has 2 aromatic rings. The Kier molecular flexibility index (Phi) is 6.39. The van der Waals surface area contributed by atoms with Crippen molar-refractivity contribution < 1.29 is 36.3 Å². The number of aryl methyl sites for hydroxylation is 1. The van der Waals surface area contributed by atoms with E-state index >= 15 is 0 Å². The number of hydrogen-bond donors (Lipinski definition) is 0. The second-order valence-electron chi connectivity index (χ2n) is 5.57. The van der Waals surface area contributed by atoms with Crippen LogP contribution >= 0.6 is 7.60 Å². The standard InChI is InChI=1S/C17H21F3NO5P/c1-5-24-16(22)15-10-12-13(17(18,19)20)8-11(9-14(12)21(15)4)27(23,25-6-2)26-7-3/h8-10H,5-7H2,1-4H3. The fraction of sp³-hybridized carbons (Fsp3) is 0.471. The van der Waals surface area contributed by atoms with Gasteiger partial charge in [0.1, 0.15) is 5.69 Å². The fourth-order valence-electron chi connectivity index (χ4n) is 2.74. The van der Waals surface area contributed by atoms with Crippen molar-refractivity contribution in [2.24, 2.45) is 7.05 Å². The monoisotopic (exact) mass is 407 g/mol.